The normalized spacial score (nSPS) is 27.2. The molecule has 1 aliphatic heterocycles. The third-order valence-corrected chi connectivity index (χ3v) is 1.91. The quantitative estimate of drug-likeness (QED) is 0.530. The first-order chi connectivity index (χ1) is 4.84. The minimum absolute atomic E-state index is 0.499. The van der Waals surface area contributed by atoms with E-state index in [4.69, 9.17) is 4.74 Å². The van der Waals surface area contributed by atoms with Gasteiger partial charge in [-0.1, -0.05) is 12.2 Å². The minimum Gasteiger partial charge on any atom is -0.383 e. The Kier molecular flexibility index (Phi) is 2.90. The number of ether oxygens (including phenoxy) is 1. The van der Waals surface area contributed by atoms with E-state index in [1.54, 1.807) is 7.11 Å². The van der Waals surface area contributed by atoms with Gasteiger partial charge in [-0.25, -0.2) is 0 Å². The van der Waals surface area contributed by atoms with Gasteiger partial charge in [0.2, 0.25) is 0 Å². The first-order valence-corrected chi connectivity index (χ1v) is 3.70. The molecule has 0 radical (unpaired) electrons. The van der Waals surface area contributed by atoms with Crippen molar-refractivity contribution in [3.63, 3.8) is 0 Å². The Morgan fingerprint density at radius 3 is 3.10 bits per heavy atom. The van der Waals surface area contributed by atoms with Crippen LogP contribution in [0, 0.1) is 0 Å². The summed E-state index contributed by atoms with van der Waals surface area (Å²) in [4.78, 5) is 2.31. The molecule has 2 nitrogen and oxygen atoms in total. The van der Waals surface area contributed by atoms with E-state index >= 15 is 0 Å². The molecular formula is C8H15NO. The highest BCUT2D eigenvalue weighted by Crippen LogP contribution is 2.06. The number of rotatable bonds is 2. The van der Waals surface area contributed by atoms with Crippen LogP contribution in [0.2, 0.25) is 0 Å². The van der Waals surface area contributed by atoms with Gasteiger partial charge in [0.1, 0.15) is 0 Å². The molecule has 0 aliphatic carbocycles. The highest BCUT2D eigenvalue weighted by Gasteiger charge is 2.12. The molecule has 0 amide bonds. The Morgan fingerprint density at radius 2 is 2.50 bits per heavy atom. The van der Waals surface area contributed by atoms with Gasteiger partial charge in [-0.2, -0.15) is 0 Å². The maximum atomic E-state index is 5.06. The molecule has 0 fully saturated rings. The van der Waals surface area contributed by atoms with Crippen LogP contribution in [0.5, 0.6) is 0 Å². The van der Waals surface area contributed by atoms with E-state index < -0.39 is 0 Å². The SMILES string of the molecule is COCC1C=CCCN1C. The molecule has 0 aromatic rings. The highest BCUT2D eigenvalue weighted by molar-refractivity contribution is 4.98. The summed E-state index contributed by atoms with van der Waals surface area (Å²) >= 11 is 0. The van der Waals surface area contributed by atoms with Crippen LogP contribution in [0.3, 0.4) is 0 Å². The molecule has 1 atom stereocenters. The maximum absolute atomic E-state index is 5.06. The third-order valence-electron chi connectivity index (χ3n) is 1.91. The van der Waals surface area contributed by atoms with Crippen molar-refractivity contribution < 1.29 is 4.74 Å². The molecule has 0 saturated heterocycles. The van der Waals surface area contributed by atoms with Gasteiger partial charge in [0.15, 0.2) is 0 Å². The maximum Gasteiger partial charge on any atom is 0.0653 e. The Labute approximate surface area is 62.5 Å². The van der Waals surface area contributed by atoms with Crippen LogP contribution in [0.1, 0.15) is 6.42 Å². The predicted molar refractivity (Wildman–Crippen MR) is 42.1 cm³/mol. The average Bonchev–Trinajstić information content (AvgIpc) is 1.94. The molecular weight excluding hydrogens is 126 g/mol. The van der Waals surface area contributed by atoms with Gasteiger partial charge < -0.3 is 4.74 Å². The first kappa shape index (κ1) is 7.76. The van der Waals surface area contributed by atoms with Gasteiger partial charge in [-0.15, -0.1) is 0 Å². The van der Waals surface area contributed by atoms with Crippen molar-refractivity contribution in [2.75, 3.05) is 27.3 Å². The van der Waals surface area contributed by atoms with E-state index in [1.807, 2.05) is 0 Å². The topological polar surface area (TPSA) is 12.5 Å². The minimum atomic E-state index is 0.499. The van der Waals surface area contributed by atoms with Crippen molar-refractivity contribution in [2.24, 2.45) is 0 Å². The number of likely N-dealkylation sites (N-methyl/N-ethyl adjacent to an activating group) is 1. The standard InChI is InChI=1S/C8H15NO/c1-9-6-4-3-5-8(9)7-10-2/h3,5,8H,4,6-7H2,1-2H3. The van der Waals surface area contributed by atoms with Gasteiger partial charge >= 0.3 is 0 Å². The van der Waals surface area contributed by atoms with Crippen LogP contribution in [0.4, 0.5) is 0 Å². The van der Waals surface area contributed by atoms with Gasteiger partial charge in [0.05, 0.1) is 12.6 Å². The predicted octanol–water partition coefficient (Wildman–Crippen LogP) is 0.893. The molecule has 0 spiro atoms. The van der Waals surface area contributed by atoms with Crippen LogP contribution >= 0.6 is 0 Å². The Morgan fingerprint density at radius 1 is 1.70 bits per heavy atom. The van der Waals surface area contributed by atoms with Gasteiger partial charge in [-0.3, -0.25) is 4.90 Å². The molecule has 10 heavy (non-hydrogen) atoms. The Bertz CT molecular complexity index is 122. The molecule has 0 aromatic carbocycles. The molecule has 0 bridgehead atoms. The van der Waals surface area contributed by atoms with Crippen molar-refractivity contribution in [3.05, 3.63) is 12.2 Å². The van der Waals surface area contributed by atoms with Gasteiger partial charge in [0, 0.05) is 13.7 Å². The molecule has 58 valence electrons. The number of methoxy groups -OCH3 is 1. The lowest BCUT2D eigenvalue weighted by Crippen LogP contribution is -2.36. The number of hydrogen-bond donors (Lipinski definition) is 0. The summed E-state index contributed by atoms with van der Waals surface area (Å²) < 4.78 is 5.06. The van der Waals surface area contributed by atoms with Crippen molar-refractivity contribution in [1.29, 1.82) is 0 Å². The second kappa shape index (κ2) is 3.74. The molecule has 1 unspecified atom stereocenters. The number of hydrogen-bond acceptors (Lipinski definition) is 2. The molecule has 2 heteroatoms. The van der Waals surface area contributed by atoms with Crippen molar-refractivity contribution in [3.8, 4) is 0 Å². The van der Waals surface area contributed by atoms with Gasteiger partial charge in [0.25, 0.3) is 0 Å². The fourth-order valence-corrected chi connectivity index (χ4v) is 1.20. The zero-order valence-corrected chi connectivity index (χ0v) is 6.71. The lowest BCUT2D eigenvalue weighted by atomic mass is 10.1. The second-order valence-corrected chi connectivity index (χ2v) is 2.72. The highest BCUT2D eigenvalue weighted by atomic mass is 16.5. The van der Waals surface area contributed by atoms with Crippen LogP contribution in [-0.4, -0.2) is 38.3 Å². The Hall–Kier alpha value is -0.340. The van der Waals surface area contributed by atoms with E-state index in [0.717, 1.165) is 13.2 Å². The molecule has 1 heterocycles. The summed E-state index contributed by atoms with van der Waals surface area (Å²) in [6.07, 6.45) is 5.62. The smallest absolute Gasteiger partial charge is 0.0653 e. The number of nitrogens with zero attached hydrogens (tertiary/aromatic N) is 1. The molecule has 1 rings (SSSR count). The lowest BCUT2D eigenvalue weighted by Gasteiger charge is -2.27. The zero-order chi connectivity index (χ0) is 7.40. The molecule has 0 aromatic heterocycles. The fourth-order valence-electron chi connectivity index (χ4n) is 1.20. The zero-order valence-electron chi connectivity index (χ0n) is 6.71. The third kappa shape index (κ3) is 1.82. The molecule has 0 N–H and O–H groups in total. The van der Waals surface area contributed by atoms with Crippen LogP contribution < -0.4 is 0 Å². The molecule has 0 saturated carbocycles. The second-order valence-electron chi connectivity index (χ2n) is 2.72. The van der Waals surface area contributed by atoms with Gasteiger partial charge in [-0.05, 0) is 13.5 Å². The summed E-state index contributed by atoms with van der Waals surface area (Å²) in [5, 5.41) is 0. The van der Waals surface area contributed by atoms with E-state index in [2.05, 4.69) is 24.1 Å². The summed E-state index contributed by atoms with van der Waals surface area (Å²) in [7, 11) is 3.88. The fraction of sp³-hybridized carbons (Fsp3) is 0.750. The van der Waals surface area contributed by atoms with Crippen LogP contribution in [0.15, 0.2) is 12.2 Å². The van der Waals surface area contributed by atoms with E-state index in [0.29, 0.717) is 6.04 Å². The largest absolute Gasteiger partial charge is 0.383 e. The van der Waals surface area contributed by atoms with Crippen molar-refractivity contribution in [1.82, 2.24) is 4.90 Å². The summed E-state index contributed by atoms with van der Waals surface area (Å²) in [6, 6.07) is 0.499. The monoisotopic (exact) mass is 141 g/mol. The first-order valence-electron chi connectivity index (χ1n) is 3.70. The molecule has 1 aliphatic rings. The van der Waals surface area contributed by atoms with E-state index in [1.165, 1.54) is 6.42 Å². The van der Waals surface area contributed by atoms with Crippen molar-refractivity contribution >= 4 is 0 Å². The van der Waals surface area contributed by atoms with Crippen LogP contribution in [-0.2, 0) is 4.74 Å². The van der Waals surface area contributed by atoms with E-state index in [-0.39, 0.29) is 0 Å². The summed E-state index contributed by atoms with van der Waals surface area (Å²) in [5.41, 5.74) is 0. The summed E-state index contributed by atoms with van der Waals surface area (Å²) in [5.74, 6) is 0. The summed E-state index contributed by atoms with van der Waals surface area (Å²) in [6.45, 7) is 1.97. The Balaban J connectivity index is 2.39. The van der Waals surface area contributed by atoms with Crippen molar-refractivity contribution in [2.45, 2.75) is 12.5 Å². The van der Waals surface area contributed by atoms with E-state index in [9.17, 15) is 0 Å². The lowest BCUT2D eigenvalue weighted by molar-refractivity contribution is 0.126. The van der Waals surface area contributed by atoms with Crippen LogP contribution in [0.25, 0.3) is 0 Å². The average molecular weight is 141 g/mol.